The molecule has 0 spiro atoms. The molecule has 0 bridgehead atoms. The summed E-state index contributed by atoms with van der Waals surface area (Å²) in [6.07, 6.45) is 0. The fraction of sp³-hybridized carbons (Fsp3) is 0.0769. The third-order valence-electron chi connectivity index (χ3n) is 5.85. The first-order valence-electron chi connectivity index (χ1n) is 9.71. The Bertz CT molecular complexity index is 1190. The Morgan fingerprint density at radius 1 is 0.655 bits per heavy atom. The zero-order chi connectivity index (χ0) is 19.9. The first-order chi connectivity index (χ1) is 14.2. The van der Waals surface area contributed by atoms with E-state index < -0.39 is 11.2 Å². The standard InChI is InChI=1S/C26H20BrOP/c27-26(21-14-6-2-7-15-21)24-19-11-10-18-23(24)25(20-12-4-1-5-13-20)29(26,28)22-16-8-3-9-17-22/h1-19,25H. The predicted molar refractivity (Wildman–Crippen MR) is 125 cm³/mol. The smallest absolute Gasteiger partial charge is 0.151 e. The maximum atomic E-state index is 15.4. The van der Waals surface area contributed by atoms with Crippen LogP contribution in [0, 0.1) is 0 Å². The maximum absolute atomic E-state index is 15.4. The van der Waals surface area contributed by atoms with Crippen molar-refractivity contribution in [1.82, 2.24) is 0 Å². The molecule has 3 atom stereocenters. The van der Waals surface area contributed by atoms with Crippen molar-refractivity contribution >= 4 is 28.4 Å². The Balaban J connectivity index is 1.91. The molecule has 4 aromatic rings. The van der Waals surface area contributed by atoms with Gasteiger partial charge in [0.15, 0.2) is 7.14 Å². The van der Waals surface area contributed by atoms with E-state index in [-0.39, 0.29) is 5.66 Å². The van der Waals surface area contributed by atoms with E-state index in [1.165, 1.54) is 0 Å². The van der Waals surface area contributed by atoms with E-state index in [4.69, 9.17) is 0 Å². The summed E-state index contributed by atoms with van der Waals surface area (Å²) in [5.41, 5.74) is 4.13. The highest BCUT2D eigenvalue weighted by atomic mass is 79.9. The zero-order valence-corrected chi connectivity index (χ0v) is 18.3. The summed E-state index contributed by atoms with van der Waals surface area (Å²) in [6, 6.07) is 38.8. The highest BCUT2D eigenvalue weighted by Gasteiger charge is 2.61. The van der Waals surface area contributed by atoms with Crippen molar-refractivity contribution in [3.8, 4) is 0 Å². The number of halogens is 1. The highest BCUT2D eigenvalue weighted by Crippen LogP contribution is 2.82. The molecule has 142 valence electrons. The lowest BCUT2D eigenvalue weighted by atomic mass is 9.95. The van der Waals surface area contributed by atoms with Gasteiger partial charge in [-0.3, -0.25) is 0 Å². The van der Waals surface area contributed by atoms with Gasteiger partial charge >= 0.3 is 0 Å². The molecule has 1 heterocycles. The fourth-order valence-electron chi connectivity index (χ4n) is 4.60. The summed E-state index contributed by atoms with van der Waals surface area (Å²) in [5, 5.41) is 0.894. The first-order valence-corrected chi connectivity index (χ1v) is 12.3. The Kier molecular flexibility index (Phi) is 4.57. The Morgan fingerprint density at radius 3 is 1.83 bits per heavy atom. The van der Waals surface area contributed by atoms with Gasteiger partial charge in [0.05, 0.1) is 5.66 Å². The molecule has 3 unspecified atom stereocenters. The molecule has 0 radical (unpaired) electrons. The van der Waals surface area contributed by atoms with Crippen molar-refractivity contribution in [3.05, 3.63) is 138 Å². The monoisotopic (exact) mass is 458 g/mol. The van der Waals surface area contributed by atoms with Crippen molar-refractivity contribution in [2.45, 2.75) is 9.72 Å². The summed E-state index contributed by atoms with van der Waals surface area (Å²) in [4.78, 5) is 0. The van der Waals surface area contributed by atoms with Gasteiger partial charge < -0.3 is 4.57 Å². The van der Waals surface area contributed by atoms with Crippen LogP contribution >= 0.6 is 23.1 Å². The Hall–Kier alpha value is -2.41. The van der Waals surface area contributed by atoms with E-state index in [9.17, 15) is 0 Å². The molecule has 0 N–H and O–H groups in total. The van der Waals surface area contributed by atoms with E-state index in [1.807, 2.05) is 78.9 Å². The van der Waals surface area contributed by atoms with Gasteiger partial charge in [0.2, 0.25) is 0 Å². The molecule has 1 aliphatic heterocycles. The quantitative estimate of drug-likeness (QED) is 0.237. The van der Waals surface area contributed by atoms with Crippen molar-refractivity contribution in [2.75, 3.05) is 0 Å². The average Bonchev–Trinajstić information content (AvgIpc) is 3.01. The van der Waals surface area contributed by atoms with Crippen LogP contribution in [0.25, 0.3) is 0 Å². The van der Waals surface area contributed by atoms with Crippen molar-refractivity contribution in [2.24, 2.45) is 0 Å². The Labute approximate surface area is 179 Å². The summed E-state index contributed by atoms with van der Waals surface area (Å²) in [5.74, 6) is 0. The molecule has 29 heavy (non-hydrogen) atoms. The first kappa shape index (κ1) is 18.6. The highest BCUT2D eigenvalue weighted by molar-refractivity contribution is 9.11. The second-order valence-electron chi connectivity index (χ2n) is 7.38. The minimum absolute atomic E-state index is 0.207. The van der Waals surface area contributed by atoms with E-state index in [1.54, 1.807) is 0 Å². The van der Waals surface area contributed by atoms with Crippen LogP contribution in [0.4, 0.5) is 0 Å². The lowest BCUT2D eigenvalue weighted by Crippen LogP contribution is -2.24. The largest absolute Gasteiger partial charge is 0.315 e. The molecule has 0 aliphatic carbocycles. The van der Waals surface area contributed by atoms with Crippen LogP contribution in [0.5, 0.6) is 0 Å². The topological polar surface area (TPSA) is 17.1 Å². The second kappa shape index (κ2) is 7.13. The normalized spacial score (nSPS) is 25.5. The maximum Gasteiger partial charge on any atom is 0.151 e. The SMILES string of the molecule is O=P1(c2ccccc2)C(c2ccccc2)c2ccccc2C1(Br)c1ccccc1. The molecular weight excluding hydrogens is 439 g/mol. The van der Waals surface area contributed by atoms with Gasteiger partial charge in [-0.15, -0.1) is 0 Å². The van der Waals surface area contributed by atoms with Gasteiger partial charge in [-0.05, 0) is 22.3 Å². The average molecular weight is 459 g/mol. The van der Waals surface area contributed by atoms with Crippen molar-refractivity contribution < 1.29 is 4.57 Å². The molecule has 4 aromatic carbocycles. The predicted octanol–water partition coefficient (Wildman–Crippen LogP) is 7.07. The number of hydrogen-bond donors (Lipinski definition) is 0. The van der Waals surface area contributed by atoms with Crippen LogP contribution in [-0.4, -0.2) is 0 Å². The van der Waals surface area contributed by atoms with E-state index in [0.29, 0.717) is 0 Å². The van der Waals surface area contributed by atoms with E-state index >= 15 is 4.57 Å². The lowest BCUT2D eigenvalue weighted by molar-refractivity contribution is 0.573. The van der Waals surface area contributed by atoms with Gasteiger partial charge in [-0.1, -0.05) is 131 Å². The minimum Gasteiger partial charge on any atom is -0.315 e. The third-order valence-corrected chi connectivity index (χ3v) is 12.1. The molecule has 3 heteroatoms. The second-order valence-corrected chi connectivity index (χ2v) is 12.2. The van der Waals surface area contributed by atoms with Crippen LogP contribution in [0.1, 0.15) is 27.9 Å². The molecule has 0 aromatic heterocycles. The third kappa shape index (κ3) is 2.63. The number of rotatable bonds is 3. The number of fused-ring (bicyclic) bond motifs is 1. The Morgan fingerprint density at radius 2 is 1.17 bits per heavy atom. The number of hydrogen-bond acceptors (Lipinski definition) is 1. The minimum atomic E-state index is -3.06. The van der Waals surface area contributed by atoms with Gasteiger partial charge in [-0.2, -0.15) is 0 Å². The molecule has 0 saturated carbocycles. The summed E-state index contributed by atoms with van der Waals surface area (Å²) in [6.45, 7) is 0. The summed E-state index contributed by atoms with van der Waals surface area (Å²) >= 11 is 4.09. The summed E-state index contributed by atoms with van der Waals surface area (Å²) < 4.78 is 14.6. The molecular formula is C26H20BrOP. The van der Waals surface area contributed by atoms with Gasteiger partial charge in [0.25, 0.3) is 0 Å². The van der Waals surface area contributed by atoms with Crippen LogP contribution in [0.15, 0.2) is 115 Å². The van der Waals surface area contributed by atoms with E-state index in [2.05, 4.69) is 52.3 Å². The van der Waals surface area contributed by atoms with Gasteiger partial charge in [0, 0.05) is 5.30 Å². The number of benzene rings is 4. The van der Waals surface area contributed by atoms with Crippen LogP contribution in [0.3, 0.4) is 0 Å². The number of alkyl halides is 1. The molecule has 0 saturated heterocycles. The molecule has 0 amide bonds. The molecule has 5 rings (SSSR count). The van der Waals surface area contributed by atoms with Gasteiger partial charge in [-0.25, -0.2) is 0 Å². The van der Waals surface area contributed by atoms with Crippen molar-refractivity contribution in [3.63, 3.8) is 0 Å². The summed E-state index contributed by atoms with van der Waals surface area (Å²) in [7, 11) is -3.06. The molecule has 1 nitrogen and oxygen atoms in total. The molecule has 1 aliphatic rings. The fourth-order valence-corrected chi connectivity index (χ4v) is 10.4. The van der Waals surface area contributed by atoms with Crippen LogP contribution in [0.2, 0.25) is 0 Å². The lowest BCUT2D eigenvalue weighted by Gasteiger charge is -2.35. The molecule has 0 fully saturated rings. The van der Waals surface area contributed by atoms with Crippen LogP contribution < -0.4 is 5.30 Å². The van der Waals surface area contributed by atoms with Gasteiger partial charge in [0.1, 0.15) is 4.07 Å². The van der Waals surface area contributed by atoms with Crippen molar-refractivity contribution in [1.29, 1.82) is 0 Å². The van der Waals surface area contributed by atoms with E-state index in [0.717, 1.165) is 27.6 Å². The van der Waals surface area contributed by atoms with Crippen LogP contribution in [-0.2, 0) is 8.63 Å². The zero-order valence-electron chi connectivity index (χ0n) is 15.8.